The standard InChI is InChI=1S/C20H18FN5O/c21-15-1-3-17(4-2-15)23-25-19-9-11-20(12-10-19)26-24-18-7-5-16(6-8-18)22-13-14-27/h1-12,22,27H,13-14H2. The van der Waals surface area contributed by atoms with Crippen molar-refractivity contribution in [2.45, 2.75) is 0 Å². The molecule has 0 bridgehead atoms. The van der Waals surface area contributed by atoms with E-state index in [0.717, 1.165) is 11.4 Å². The zero-order valence-electron chi connectivity index (χ0n) is 14.5. The van der Waals surface area contributed by atoms with Crippen LogP contribution in [0.4, 0.5) is 32.8 Å². The molecule has 0 aliphatic rings. The third-order valence-corrected chi connectivity index (χ3v) is 3.55. The number of hydrogen-bond acceptors (Lipinski definition) is 6. The van der Waals surface area contributed by atoms with E-state index in [2.05, 4.69) is 25.8 Å². The van der Waals surface area contributed by atoms with Crippen LogP contribution >= 0.6 is 0 Å². The second kappa shape index (κ2) is 9.30. The maximum absolute atomic E-state index is 12.9. The summed E-state index contributed by atoms with van der Waals surface area (Å²) in [6, 6.07) is 20.4. The minimum Gasteiger partial charge on any atom is -0.395 e. The predicted molar refractivity (Wildman–Crippen MR) is 103 cm³/mol. The molecular weight excluding hydrogens is 345 g/mol. The Kier molecular flexibility index (Phi) is 6.32. The third-order valence-electron chi connectivity index (χ3n) is 3.55. The molecule has 136 valence electrons. The van der Waals surface area contributed by atoms with Gasteiger partial charge in [-0.15, -0.1) is 0 Å². The van der Waals surface area contributed by atoms with Gasteiger partial charge in [0, 0.05) is 12.2 Å². The summed E-state index contributed by atoms with van der Waals surface area (Å²) in [7, 11) is 0. The van der Waals surface area contributed by atoms with E-state index in [4.69, 9.17) is 5.11 Å². The molecule has 0 amide bonds. The van der Waals surface area contributed by atoms with Crippen LogP contribution in [0.3, 0.4) is 0 Å². The first-order chi connectivity index (χ1) is 13.2. The molecule has 7 heteroatoms. The smallest absolute Gasteiger partial charge is 0.123 e. The first-order valence-corrected chi connectivity index (χ1v) is 8.37. The van der Waals surface area contributed by atoms with Crippen molar-refractivity contribution in [1.29, 1.82) is 0 Å². The van der Waals surface area contributed by atoms with E-state index < -0.39 is 0 Å². The molecule has 0 unspecified atom stereocenters. The van der Waals surface area contributed by atoms with Crippen molar-refractivity contribution in [1.82, 2.24) is 0 Å². The number of nitrogens with one attached hydrogen (secondary N) is 1. The number of rotatable bonds is 7. The average molecular weight is 363 g/mol. The molecule has 27 heavy (non-hydrogen) atoms. The van der Waals surface area contributed by atoms with Gasteiger partial charge in [0.15, 0.2) is 0 Å². The fourth-order valence-electron chi connectivity index (χ4n) is 2.17. The Morgan fingerprint density at radius 1 is 0.630 bits per heavy atom. The van der Waals surface area contributed by atoms with Gasteiger partial charge in [0.1, 0.15) is 5.82 Å². The highest BCUT2D eigenvalue weighted by molar-refractivity contribution is 5.51. The Morgan fingerprint density at radius 2 is 1.00 bits per heavy atom. The summed E-state index contributed by atoms with van der Waals surface area (Å²) in [5.41, 5.74) is 3.58. The number of azo groups is 2. The lowest BCUT2D eigenvalue weighted by Gasteiger charge is -2.03. The van der Waals surface area contributed by atoms with Gasteiger partial charge >= 0.3 is 0 Å². The van der Waals surface area contributed by atoms with Crippen LogP contribution in [0, 0.1) is 5.82 Å². The Hall–Kier alpha value is -3.45. The van der Waals surface area contributed by atoms with E-state index in [1.807, 2.05) is 24.3 Å². The molecular formula is C20H18FN5O. The molecule has 3 rings (SSSR count). The number of benzene rings is 3. The van der Waals surface area contributed by atoms with Gasteiger partial charge in [-0.25, -0.2) is 4.39 Å². The first-order valence-electron chi connectivity index (χ1n) is 8.37. The lowest BCUT2D eigenvalue weighted by molar-refractivity contribution is 0.311. The zero-order valence-corrected chi connectivity index (χ0v) is 14.5. The number of nitrogens with zero attached hydrogens (tertiary/aromatic N) is 4. The Morgan fingerprint density at radius 3 is 1.41 bits per heavy atom. The van der Waals surface area contributed by atoms with Crippen molar-refractivity contribution >= 4 is 28.4 Å². The molecule has 0 aliphatic carbocycles. The van der Waals surface area contributed by atoms with E-state index in [-0.39, 0.29) is 12.4 Å². The zero-order chi connectivity index (χ0) is 18.9. The molecule has 0 heterocycles. The first kappa shape index (κ1) is 18.3. The summed E-state index contributed by atoms with van der Waals surface area (Å²) in [4.78, 5) is 0. The summed E-state index contributed by atoms with van der Waals surface area (Å²) in [6.07, 6.45) is 0. The normalized spacial score (nSPS) is 11.3. The molecule has 0 atom stereocenters. The molecule has 0 radical (unpaired) electrons. The minimum absolute atomic E-state index is 0.0842. The Bertz CT molecular complexity index is 907. The Balaban J connectivity index is 1.59. The van der Waals surface area contributed by atoms with Crippen LogP contribution in [0.15, 0.2) is 93.3 Å². The molecule has 0 saturated carbocycles. The highest BCUT2D eigenvalue weighted by Crippen LogP contribution is 2.24. The number of halogens is 1. The van der Waals surface area contributed by atoms with Crippen LogP contribution in [-0.4, -0.2) is 18.3 Å². The van der Waals surface area contributed by atoms with E-state index in [1.54, 1.807) is 36.4 Å². The number of anilines is 1. The lowest BCUT2D eigenvalue weighted by Crippen LogP contribution is -2.04. The molecule has 0 aromatic heterocycles. The second-order valence-electron chi connectivity index (χ2n) is 5.59. The van der Waals surface area contributed by atoms with Gasteiger partial charge in [-0.05, 0) is 72.8 Å². The monoisotopic (exact) mass is 363 g/mol. The van der Waals surface area contributed by atoms with Gasteiger partial charge in [-0.2, -0.15) is 20.5 Å². The second-order valence-corrected chi connectivity index (χ2v) is 5.59. The summed E-state index contributed by atoms with van der Waals surface area (Å²) in [6.45, 7) is 0.590. The molecule has 6 nitrogen and oxygen atoms in total. The van der Waals surface area contributed by atoms with Gasteiger partial charge in [-0.3, -0.25) is 0 Å². The van der Waals surface area contributed by atoms with Crippen LogP contribution in [0.5, 0.6) is 0 Å². The maximum atomic E-state index is 12.9. The summed E-state index contributed by atoms with van der Waals surface area (Å²) in [5, 5.41) is 28.4. The number of aliphatic hydroxyl groups is 1. The molecule has 0 saturated heterocycles. The molecule has 2 N–H and O–H groups in total. The van der Waals surface area contributed by atoms with E-state index in [9.17, 15) is 4.39 Å². The number of hydrogen-bond donors (Lipinski definition) is 2. The lowest BCUT2D eigenvalue weighted by atomic mass is 10.3. The van der Waals surface area contributed by atoms with Crippen molar-refractivity contribution in [2.24, 2.45) is 20.5 Å². The predicted octanol–water partition coefficient (Wildman–Crippen LogP) is 6.06. The van der Waals surface area contributed by atoms with Crippen molar-refractivity contribution in [3.8, 4) is 0 Å². The fraction of sp³-hybridized carbons (Fsp3) is 0.100. The summed E-state index contributed by atoms with van der Waals surface area (Å²) in [5.74, 6) is -0.306. The highest BCUT2D eigenvalue weighted by Gasteiger charge is 1.96. The molecule has 3 aromatic carbocycles. The minimum atomic E-state index is -0.306. The van der Waals surface area contributed by atoms with Gasteiger partial charge in [-0.1, -0.05) is 0 Å². The van der Waals surface area contributed by atoms with Crippen molar-refractivity contribution in [3.63, 3.8) is 0 Å². The van der Waals surface area contributed by atoms with Crippen molar-refractivity contribution in [2.75, 3.05) is 18.5 Å². The Labute approximate surface area is 156 Å². The van der Waals surface area contributed by atoms with E-state index >= 15 is 0 Å². The van der Waals surface area contributed by atoms with Gasteiger partial charge < -0.3 is 10.4 Å². The van der Waals surface area contributed by atoms with Crippen molar-refractivity contribution in [3.05, 3.63) is 78.6 Å². The van der Waals surface area contributed by atoms with E-state index in [0.29, 0.717) is 23.6 Å². The number of aliphatic hydroxyl groups excluding tert-OH is 1. The molecule has 0 aliphatic heterocycles. The van der Waals surface area contributed by atoms with Crippen LogP contribution in [-0.2, 0) is 0 Å². The maximum Gasteiger partial charge on any atom is 0.123 e. The summed E-state index contributed by atoms with van der Waals surface area (Å²) >= 11 is 0. The molecule has 0 spiro atoms. The van der Waals surface area contributed by atoms with Gasteiger partial charge in [0.05, 0.1) is 29.4 Å². The van der Waals surface area contributed by atoms with E-state index in [1.165, 1.54) is 12.1 Å². The van der Waals surface area contributed by atoms with Gasteiger partial charge in [0.25, 0.3) is 0 Å². The SMILES string of the molecule is OCCNc1ccc(N=Nc2ccc(N=Nc3ccc(F)cc3)cc2)cc1. The topological polar surface area (TPSA) is 81.7 Å². The van der Waals surface area contributed by atoms with Gasteiger partial charge in [0.2, 0.25) is 0 Å². The third kappa shape index (κ3) is 5.79. The van der Waals surface area contributed by atoms with Crippen LogP contribution < -0.4 is 5.32 Å². The average Bonchev–Trinajstić information content (AvgIpc) is 2.72. The van der Waals surface area contributed by atoms with Crippen molar-refractivity contribution < 1.29 is 9.50 Å². The van der Waals surface area contributed by atoms with Crippen LogP contribution in [0.2, 0.25) is 0 Å². The molecule has 0 fully saturated rings. The molecule has 3 aromatic rings. The van der Waals surface area contributed by atoms with Crippen LogP contribution in [0.1, 0.15) is 0 Å². The van der Waals surface area contributed by atoms with Crippen LogP contribution in [0.25, 0.3) is 0 Å². The largest absolute Gasteiger partial charge is 0.395 e. The quantitative estimate of drug-likeness (QED) is 0.500. The summed E-state index contributed by atoms with van der Waals surface area (Å²) < 4.78 is 12.9. The fourth-order valence-corrected chi connectivity index (χ4v) is 2.17. The highest BCUT2D eigenvalue weighted by atomic mass is 19.1.